The summed E-state index contributed by atoms with van der Waals surface area (Å²) in [5, 5.41) is -0.113. The molecule has 0 fully saturated rings. The number of aryl methyl sites for hydroxylation is 1. The number of anilines is 1. The van der Waals surface area contributed by atoms with Crippen LogP contribution in [0.4, 0.5) is 10.1 Å². The molecule has 0 unspecified atom stereocenters. The van der Waals surface area contributed by atoms with Gasteiger partial charge in [0, 0.05) is 11.8 Å². The molecule has 2 aromatic rings. The lowest BCUT2D eigenvalue weighted by Crippen LogP contribution is -2.15. The Morgan fingerprint density at radius 2 is 2.05 bits per heavy atom. The molecule has 0 bridgehead atoms. The smallest absolute Gasteiger partial charge is 0.262 e. The van der Waals surface area contributed by atoms with E-state index in [1.807, 2.05) is 0 Å². The minimum atomic E-state index is -4.04. The van der Waals surface area contributed by atoms with Crippen molar-refractivity contribution in [2.24, 2.45) is 0 Å². The molecule has 0 aliphatic heterocycles. The van der Waals surface area contributed by atoms with Crippen LogP contribution in [0.5, 0.6) is 0 Å². The quantitative estimate of drug-likeness (QED) is 0.691. The number of benzene rings is 1. The van der Waals surface area contributed by atoms with Crippen LogP contribution in [0, 0.1) is 12.7 Å². The van der Waals surface area contributed by atoms with Gasteiger partial charge >= 0.3 is 0 Å². The van der Waals surface area contributed by atoms with Gasteiger partial charge < -0.3 is 0 Å². The lowest BCUT2D eigenvalue weighted by Gasteiger charge is -2.11. The van der Waals surface area contributed by atoms with Gasteiger partial charge in [0.1, 0.15) is 5.82 Å². The SMILES string of the molecule is Cc1ccc(F)cc1S(=O)(=O)Nc1cc(C=O)cnc1Cl. The Morgan fingerprint density at radius 1 is 1.33 bits per heavy atom. The Morgan fingerprint density at radius 3 is 2.71 bits per heavy atom. The molecule has 1 heterocycles. The predicted octanol–water partition coefficient (Wildman–Crippen LogP) is 2.80. The zero-order valence-corrected chi connectivity index (χ0v) is 12.4. The van der Waals surface area contributed by atoms with Crippen LogP contribution in [0.2, 0.25) is 5.15 Å². The van der Waals surface area contributed by atoms with Gasteiger partial charge in [-0.15, -0.1) is 0 Å². The van der Waals surface area contributed by atoms with Crippen LogP contribution < -0.4 is 4.72 Å². The van der Waals surface area contributed by atoms with Crippen molar-refractivity contribution < 1.29 is 17.6 Å². The molecule has 1 N–H and O–H groups in total. The maximum absolute atomic E-state index is 13.2. The Hall–Kier alpha value is -1.99. The summed E-state index contributed by atoms with van der Waals surface area (Å²) in [7, 11) is -4.04. The number of pyridine rings is 1. The second kappa shape index (κ2) is 5.79. The molecule has 8 heteroatoms. The van der Waals surface area contributed by atoms with Crippen molar-refractivity contribution >= 4 is 33.6 Å². The first kappa shape index (κ1) is 15.4. The molecule has 0 atom stereocenters. The van der Waals surface area contributed by atoms with E-state index in [1.54, 1.807) is 0 Å². The van der Waals surface area contributed by atoms with Crippen molar-refractivity contribution in [2.75, 3.05) is 4.72 Å². The van der Waals surface area contributed by atoms with E-state index >= 15 is 0 Å². The van der Waals surface area contributed by atoms with E-state index in [4.69, 9.17) is 11.6 Å². The van der Waals surface area contributed by atoms with Crippen LogP contribution in [0.1, 0.15) is 15.9 Å². The Bertz CT molecular complexity index is 809. The second-order valence-corrected chi connectivity index (χ2v) is 6.25. The molecule has 5 nitrogen and oxygen atoms in total. The van der Waals surface area contributed by atoms with Gasteiger partial charge in [-0.3, -0.25) is 9.52 Å². The van der Waals surface area contributed by atoms with E-state index in [0.29, 0.717) is 11.8 Å². The molecule has 21 heavy (non-hydrogen) atoms. The third-order valence-corrected chi connectivity index (χ3v) is 4.49. The average Bonchev–Trinajstić information content (AvgIpc) is 2.43. The number of aldehydes is 1. The molecule has 0 saturated heterocycles. The minimum Gasteiger partial charge on any atom is -0.298 e. The number of carbonyl (C=O) groups is 1. The fourth-order valence-electron chi connectivity index (χ4n) is 1.66. The van der Waals surface area contributed by atoms with Gasteiger partial charge in [-0.25, -0.2) is 17.8 Å². The van der Waals surface area contributed by atoms with E-state index < -0.39 is 15.8 Å². The molecule has 2 rings (SSSR count). The first-order chi connectivity index (χ1) is 9.83. The van der Waals surface area contributed by atoms with Crippen LogP contribution in [0.25, 0.3) is 0 Å². The number of rotatable bonds is 4. The average molecular weight is 329 g/mol. The van der Waals surface area contributed by atoms with E-state index in [2.05, 4.69) is 9.71 Å². The normalized spacial score (nSPS) is 11.2. The molecule has 0 amide bonds. The maximum Gasteiger partial charge on any atom is 0.262 e. The van der Waals surface area contributed by atoms with Crippen molar-refractivity contribution in [3.05, 3.63) is 52.6 Å². The number of hydrogen-bond acceptors (Lipinski definition) is 4. The van der Waals surface area contributed by atoms with Crippen LogP contribution >= 0.6 is 11.6 Å². The van der Waals surface area contributed by atoms with E-state index in [-0.39, 0.29) is 21.3 Å². The summed E-state index contributed by atoms with van der Waals surface area (Å²) in [6, 6.07) is 4.67. The zero-order valence-electron chi connectivity index (χ0n) is 10.8. The number of nitrogens with zero attached hydrogens (tertiary/aromatic N) is 1. The number of aromatic nitrogens is 1. The lowest BCUT2D eigenvalue weighted by molar-refractivity contribution is 0.112. The van der Waals surface area contributed by atoms with Gasteiger partial charge in [-0.2, -0.15) is 0 Å². The summed E-state index contributed by atoms with van der Waals surface area (Å²) < 4.78 is 40.0. The fourth-order valence-corrected chi connectivity index (χ4v) is 3.18. The molecule has 1 aromatic carbocycles. The molecular formula is C13H10ClFN2O3S. The summed E-state index contributed by atoms with van der Waals surface area (Å²) in [6.45, 7) is 1.54. The summed E-state index contributed by atoms with van der Waals surface area (Å²) in [5.74, 6) is -0.674. The zero-order chi connectivity index (χ0) is 15.6. The third kappa shape index (κ3) is 3.37. The van der Waals surface area contributed by atoms with Crippen molar-refractivity contribution in [3.8, 4) is 0 Å². The van der Waals surface area contributed by atoms with Crippen molar-refractivity contribution in [1.29, 1.82) is 0 Å². The van der Waals surface area contributed by atoms with Crippen LogP contribution in [0.3, 0.4) is 0 Å². The van der Waals surface area contributed by atoms with Gasteiger partial charge in [0.2, 0.25) is 0 Å². The lowest BCUT2D eigenvalue weighted by atomic mass is 10.2. The monoisotopic (exact) mass is 328 g/mol. The molecule has 1 aromatic heterocycles. The van der Waals surface area contributed by atoms with E-state index in [1.165, 1.54) is 25.3 Å². The standard InChI is InChI=1S/C13H10ClFN2O3S/c1-8-2-3-10(15)5-12(8)21(19,20)17-11-4-9(7-18)6-16-13(11)14/h2-7,17H,1H3. The van der Waals surface area contributed by atoms with E-state index in [9.17, 15) is 17.6 Å². The minimum absolute atomic E-state index is 0.0510. The number of halogens is 2. The molecule has 110 valence electrons. The molecule has 0 radical (unpaired) electrons. The fraction of sp³-hybridized carbons (Fsp3) is 0.0769. The van der Waals surface area contributed by atoms with Crippen molar-refractivity contribution in [2.45, 2.75) is 11.8 Å². The van der Waals surface area contributed by atoms with Crippen molar-refractivity contribution in [1.82, 2.24) is 4.98 Å². The molecule has 0 aliphatic carbocycles. The Balaban J connectivity index is 2.46. The highest BCUT2D eigenvalue weighted by Gasteiger charge is 2.19. The highest BCUT2D eigenvalue weighted by atomic mass is 35.5. The highest BCUT2D eigenvalue weighted by Crippen LogP contribution is 2.25. The van der Waals surface area contributed by atoms with Gasteiger partial charge in [-0.05, 0) is 30.7 Å². The van der Waals surface area contributed by atoms with Crippen LogP contribution in [-0.4, -0.2) is 19.7 Å². The topological polar surface area (TPSA) is 76.1 Å². The van der Waals surface area contributed by atoms with Gasteiger partial charge in [-0.1, -0.05) is 17.7 Å². The van der Waals surface area contributed by atoms with Crippen LogP contribution in [0.15, 0.2) is 35.4 Å². The third-order valence-electron chi connectivity index (χ3n) is 2.68. The van der Waals surface area contributed by atoms with E-state index in [0.717, 1.165) is 12.1 Å². The number of sulfonamides is 1. The molecular weight excluding hydrogens is 319 g/mol. The Kier molecular flexibility index (Phi) is 4.24. The summed E-state index contributed by atoms with van der Waals surface area (Å²) in [5.41, 5.74) is 0.484. The van der Waals surface area contributed by atoms with Crippen molar-refractivity contribution in [3.63, 3.8) is 0 Å². The number of nitrogens with one attached hydrogen (secondary N) is 1. The molecule has 0 saturated carbocycles. The maximum atomic E-state index is 13.2. The first-order valence-corrected chi connectivity index (χ1v) is 7.59. The van der Waals surface area contributed by atoms with Gasteiger partial charge in [0.25, 0.3) is 10.0 Å². The first-order valence-electron chi connectivity index (χ1n) is 5.73. The largest absolute Gasteiger partial charge is 0.298 e. The summed E-state index contributed by atoms with van der Waals surface area (Å²) >= 11 is 5.79. The Labute approximate surface area is 125 Å². The second-order valence-electron chi connectivity index (χ2n) is 4.24. The highest BCUT2D eigenvalue weighted by molar-refractivity contribution is 7.92. The van der Waals surface area contributed by atoms with Gasteiger partial charge in [0.15, 0.2) is 11.4 Å². The number of hydrogen-bond donors (Lipinski definition) is 1. The predicted molar refractivity (Wildman–Crippen MR) is 76.6 cm³/mol. The van der Waals surface area contributed by atoms with Crippen LogP contribution in [-0.2, 0) is 10.0 Å². The molecule has 0 aliphatic rings. The van der Waals surface area contributed by atoms with Gasteiger partial charge in [0.05, 0.1) is 10.6 Å². The summed E-state index contributed by atoms with van der Waals surface area (Å²) in [6.07, 6.45) is 1.72. The number of carbonyl (C=O) groups excluding carboxylic acids is 1. The summed E-state index contributed by atoms with van der Waals surface area (Å²) in [4.78, 5) is 14.2. The molecule has 0 spiro atoms.